The third-order valence-electron chi connectivity index (χ3n) is 5.44. The molecular weight excluding hydrogens is 263 g/mol. The Kier molecular flexibility index (Phi) is 3.96. The van der Waals surface area contributed by atoms with Crippen molar-refractivity contribution in [1.82, 2.24) is 5.32 Å². The van der Waals surface area contributed by atoms with Crippen LogP contribution >= 0.6 is 0 Å². The largest absolute Gasteiger partial charge is 0.365 e. The molecule has 21 heavy (non-hydrogen) atoms. The third-order valence-corrected chi connectivity index (χ3v) is 5.44. The van der Waals surface area contributed by atoms with Gasteiger partial charge in [-0.05, 0) is 37.8 Å². The van der Waals surface area contributed by atoms with E-state index in [1.165, 1.54) is 25.7 Å². The molecule has 0 bridgehead atoms. The second-order valence-corrected chi connectivity index (χ2v) is 7.19. The molecule has 1 aliphatic heterocycles. The van der Waals surface area contributed by atoms with Crippen LogP contribution in [0, 0.1) is 18.7 Å². The zero-order valence-corrected chi connectivity index (χ0v) is 13.5. The lowest BCUT2D eigenvalue weighted by molar-refractivity contribution is 0.245. The molecule has 2 aliphatic rings. The van der Waals surface area contributed by atoms with Crippen LogP contribution < -0.4 is 10.2 Å². The highest BCUT2D eigenvalue weighted by atomic mass is 19.1. The van der Waals surface area contributed by atoms with Crippen molar-refractivity contribution in [3.8, 4) is 0 Å². The van der Waals surface area contributed by atoms with Crippen molar-refractivity contribution in [2.45, 2.75) is 58.0 Å². The minimum atomic E-state index is -0.0889. The number of halogens is 1. The van der Waals surface area contributed by atoms with Gasteiger partial charge in [0.1, 0.15) is 5.82 Å². The summed E-state index contributed by atoms with van der Waals surface area (Å²) >= 11 is 0. The zero-order valence-electron chi connectivity index (χ0n) is 13.5. The van der Waals surface area contributed by atoms with Crippen LogP contribution in [-0.2, 0) is 0 Å². The lowest BCUT2D eigenvalue weighted by Gasteiger charge is -2.49. The number of hydrogen-bond acceptors (Lipinski definition) is 2. The fourth-order valence-electron chi connectivity index (χ4n) is 4.08. The minimum Gasteiger partial charge on any atom is -0.365 e. The minimum absolute atomic E-state index is 0.0889. The van der Waals surface area contributed by atoms with E-state index in [9.17, 15) is 4.39 Å². The maximum absolute atomic E-state index is 14.0. The Balaban J connectivity index is 1.95. The molecule has 1 saturated carbocycles. The lowest BCUT2D eigenvalue weighted by Crippen LogP contribution is -2.64. The molecule has 1 aromatic rings. The van der Waals surface area contributed by atoms with Gasteiger partial charge in [-0.3, -0.25) is 0 Å². The fraction of sp³-hybridized carbons (Fsp3) is 0.667. The average molecular weight is 290 g/mol. The molecule has 2 nitrogen and oxygen atoms in total. The summed E-state index contributed by atoms with van der Waals surface area (Å²) in [7, 11) is 0. The maximum Gasteiger partial charge on any atom is 0.128 e. The van der Waals surface area contributed by atoms with Crippen LogP contribution in [-0.4, -0.2) is 24.7 Å². The number of nitrogens with one attached hydrogen (secondary N) is 1. The molecule has 3 rings (SSSR count). The predicted molar refractivity (Wildman–Crippen MR) is 86.3 cm³/mol. The van der Waals surface area contributed by atoms with Gasteiger partial charge >= 0.3 is 0 Å². The molecule has 1 atom stereocenters. The molecule has 1 heterocycles. The molecule has 0 aromatic heterocycles. The summed E-state index contributed by atoms with van der Waals surface area (Å²) < 4.78 is 14.0. The summed E-state index contributed by atoms with van der Waals surface area (Å²) in [5.41, 5.74) is 2.13. The quantitative estimate of drug-likeness (QED) is 0.889. The SMILES string of the molecule is Cc1c(F)cccc1N1CC2(CCCC2)NCC1C(C)C. The van der Waals surface area contributed by atoms with E-state index in [2.05, 4.69) is 30.1 Å². The molecule has 2 fully saturated rings. The molecule has 1 aliphatic carbocycles. The number of nitrogens with zero attached hydrogens (tertiary/aromatic N) is 1. The molecule has 1 aromatic carbocycles. The molecule has 116 valence electrons. The first-order chi connectivity index (χ1) is 10.0. The summed E-state index contributed by atoms with van der Waals surface area (Å²) in [5, 5.41) is 3.82. The molecule has 0 radical (unpaired) electrons. The van der Waals surface area contributed by atoms with Crippen LogP contribution in [0.1, 0.15) is 45.1 Å². The van der Waals surface area contributed by atoms with Gasteiger partial charge in [0.05, 0.1) is 0 Å². The number of hydrogen-bond donors (Lipinski definition) is 1. The Morgan fingerprint density at radius 1 is 1.29 bits per heavy atom. The number of anilines is 1. The summed E-state index contributed by atoms with van der Waals surface area (Å²) in [6.07, 6.45) is 5.13. The van der Waals surface area contributed by atoms with E-state index < -0.39 is 0 Å². The van der Waals surface area contributed by atoms with E-state index in [1.807, 2.05) is 13.0 Å². The Labute approximate surface area is 127 Å². The van der Waals surface area contributed by atoms with Gasteiger partial charge in [-0.2, -0.15) is 0 Å². The summed E-state index contributed by atoms with van der Waals surface area (Å²) in [5.74, 6) is 0.466. The van der Waals surface area contributed by atoms with Crippen LogP contribution in [0.3, 0.4) is 0 Å². The normalized spacial score (nSPS) is 25.0. The van der Waals surface area contributed by atoms with E-state index in [4.69, 9.17) is 0 Å². The molecule has 1 unspecified atom stereocenters. The van der Waals surface area contributed by atoms with Crippen LogP contribution in [0.5, 0.6) is 0 Å². The Morgan fingerprint density at radius 2 is 2.00 bits per heavy atom. The molecule has 1 saturated heterocycles. The van der Waals surface area contributed by atoms with Crippen molar-refractivity contribution in [3.05, 3.63) is 29.6 Å². The van der Waals surface area contributed by atoms with Gasteiger partial charge in [0.25, 0.3) is 0 Å². The van der Waals surface area contributed by atoms with Crippen LogP contribution in [0.4, 0.5) is 10.1 Å². The topological polar surface area (TPSA) is 15.3 Å². The zero-order chi connectivity index (χ0) is 15.0. The van der Waals surface area contributed by atoms with E-state index in [0.717, 1.165) is 24.3 Å². The summed E-state index contributed by atoms with van der Waals surface area (Å²) in [6, 6.07) is 5.94. The second-order valence-electron chi connectivity index (χ2n) is 7.19. The highest BCUT2D eigenvalue weighted by Crippen LogP contribution is 2.37. The Morgan fingerprint density at radius 3 is 2.67 bits per heavy atom. The monoisotopic (exact) mass is 290 g/mol. The van der Waals surface area contributed by atoms with Crippen molar-refractivity contribution in [2.75, 3.05) is 18.0 Å². The van der Waals surface area contributed by atoms with E-state index in [0.29, 0.717) is 12.0 Å². The van der Waals surface area contributed by atoms with Gasteiger partial charge in [-0.25, -0.2) is 4.39 Å². The second kappa shape index (κ2) is 5.60. The highest BCUT2D eigenvalue weighted by molar-refractivity contribution is 5.55. The highest BCUT2D eigenvalue weighted by Gasteiger charge is 2.42. The standard InChI is InChI=1S/C18H27FN2/c1-13(2)17-11-20-18(9-4-5-10-18)12-21(17)16-8-6-7-15(19)14(16)3/h6-8,13,17,20H,4-5,9-12H2,1-3H3. The first kappa shape index (κ1) is 14.8. The van der Waals surface area contributed by atoms with Crippen molar-refractivity contribution >= 4 is 5.69 Å². The van der Waals surface area contributed by atoms with E-state index in [-0.39, 0.29) is 11.4 Å². The van der Waals surface area contributed by atoms with E-state index >= 15 is 0 Å². The Bertz CT molecular complexity index is 506. The van der Waals surface area contributed by atoms with Gasteiger partial charge in [0.2, 0.25) is 0 Å². The van der Waals surface area contributed by atoms with Crippen LogP contribution in [0.2, 0.25) is 0 Å². The first-order valence-electron chi connectivity index (χ1n) is 8.29. The van der Waals surface area contributed by atoms with Crippen molar-refractivity contribution in [3.63, 3.8) is 0 Å². The van der Waals surface area contributed by atoms with Crippen molar-refractivity contribution < 1.29 is 4.39 Å². The number of piperazine rings is 1. The summed E-state index contributed by atoms with van der Waals surface area (Å²) in [6.45, 7) is 8.46. The molecule has 1 spiro atoms. The number of benzene rings is 1. The van der Waals surface area contributed by atoms with Crippen molar-refractivity contribution in [2.24, 2.45) is 5.92 Å². The van der Waals surface area contributed by atoms with Crippen molar-refractivity contribution in [1.29, 1.82) is 0 Å². The van der Waals surface area contributed by atoms with Gasteiger partial charge in [0, 0.05) is 35.9 Å². The average Bonchev–Trinajstić information content (AvgIpc) is 2.89. The van der Waals surface area contributed by atoms with Gasteiger partial charge in [-0.15, -0.1) is 0 Å². The van der Waals surface area contributed by atoms with Gasteiger partial charge < -0.3 is 10.2 Å². The summed E-state index contributed by atoms with van der Waals surface area (Å²) in [4.78, 5) is 2.48. The van der Waals surface area contributed by atoms with Gasteiger partial charge in [0.15, 0.2) is 0 Å². The first-order valence-corrected chi connectivity index (χ1v) is 8.29. The van der Waals surface area contributed by atoms with Crippen LogP contribution in [0.25, 0.3) is 0 Å². The lowest BCUT2D eigenvalue weighted by atomic mass is 9.88. The molecular formula is C18H27FN2. The smallest absolute Gasteiger partial charge is 0.128 e. The predicted octanol–water partition coefficient (Wildman–Crippen LogP) is 3.88. The molecule has 0 amide bonds. The molecule has 1 N–H and O–H groups in total. The van der Waals surface area contributed by atoms with Gasteiger partial charge in [-0.1, -0.05) is 32.8 Å². The molecule has 3 heteroatoms. The number of rotatable bonds is 2. The fourth-order valence-corrected chi connectivity index (χ4v) is 4.08. The van der Waals surface area contributed by atoms with E-state index in [1.54, 1.807) is 6.07 Å². The third kappa shape index (κ3) is 2.68. The Hall–Kier alpha value is -1.09. The maximum atomic E-state index is 14.0. The van der Waals surface area contributed by atoms with Crippen LogP contribution in [0.15, 0.2) is 18.2 Å².